The van der Waals surface area contributed by atoms with Crippen molar-refractivity contribution in [2.75, 3.05) is 11.4 Å². The van der Waals surface area contributed by atoms with E-state index < -0.39 is 20.0 Å². The van der Waals surface area contributed by atoms with Gasteiger partial charge in [-0.25, -0.2) is 21.6 Å². The molecule has 0 bridgehead atoms. The van der Waals surface area contributed by atoms with Gasteiger partial charge in [-0.15, -0.1) is 0 Å². The lowest BCUT2D eigenvalue weighted by atomic mass is 10.1. The van der Waals surface area contributed by atoms with E-state index in [4.69, 9.17) is 0 Å². The summed E-state index contributed by atoms with van der Waals surface area (Å²) in [5.74, 6) is 0. The lowest BCUT2D eigenvalue weighted by molar-refractivity contribution is 0.580. The zero-order valence-corrected chi connectivity index (χ0v) is 18.7. The molecule has 158 valence electrons. The van der Waals surface area contributed by atoms with Crippen LogP contribution >= 0.6 is 0 Å². The van der Waals surface area contributed by atoms with Crippen molar-refractivity contribution < 1.29 is 16.8 Å². The average Bonchev–Trinajstić information content (AvgIpc) is 2.73. The van der Waals surface area contributed by atoms with E-state index >= 15 is 0 Å². The molecule has 0 heterocycles. The number of benzene rings is 3. The molecule has 0 fully saturated rings. The second kappa shape index (κ2) is 8.59. The minimum absolute atomic E-state index is 0.0501. The van der Waals surface area contributed by atoms with Gasteiger partial charge in [0.15, 0.2) is 0 Å². The molecule has 0 radical (unpaired) electrons. The first-order chi connectivity index (χ1) is 14.1. The van der Waals surface area contributed by atoms with Gasteiger partial charge in [-0.2, -0.15) is 0 Å². The normalized spacial score (nSPS) is 12.0. The summed E-state index contributed by atoms with van der Waals surface area (Å²) < 4.78 is 55.8. The predicted molar refractivity (Wildman–Crippen MR) is 118 cm³/mol. The highest BCUT2D eigenvalue weighted by molar-refractivity contribution is 7.92. The summed E-state index contributed by atoms with van der Waals surface area (Å²) >= 11 is 0. The summed E-state index contributed by atoms with van der Waals surface area (Å²) in [6.45, 7) is 3.52. The molecule has 0 saturated heterocycles. The largest absolute Gasteiger partial charge is 0.269 e. The minimum Gasteiger partial charge on any atom is -0.269 e. The molecule has 0 atom stereocenters. The summed E-state index contributed by atoms with van der Waals surface area (Å²) in [6, 6.07) is 20.4. The molecule has 0 aliphatic carbocycles. The van der Waals surface area contributed by atoms with Crippen molar-refractivity contribution in [3.8, 4) is 0 Å². The standard InChI is InChI=1S/C22H24N2O4S2/c1-17-14-15-21(29(25,26)23-16-19-10-6-4-7-11-19)18(2)22(17)24(3)30(27,28)20-12-8-5-9-13-20/h4-15,23H,16H2,1-3H3. The van der Waals surface area contributed by atoms with E-state index in [0.29, 0.717) is 16.8 Å². The van der Waals surface area contributed by atoms with Gasteiger partial charge >= 0.3 is 0 Å². The van der Waals surface area contributed by atoms with E-state index in [1.54, 1.807) is 38.1 Å². The van der Waals surface area contributed by atoms with Gasteiger partial charge in [-0.05, 0) is 48.7 Å². The van der Waals surface area contributed by atoms with Crippen molar-refractivity contribution in [3.05, 3.63) is 89.5 Å². The maximum atomic E-state index is 13.1. The van der Waals surface area contributed by atoms with E-state index in [2.05, 4.69) is 4.72 Å². The molecule has 0 aliphatic rings. The smallest absolute Gasteiger partial charge is 0.264 e. The Morgan fingerprint density at radius 1 is 0.800 bits per heavy atom. The van der Waals surface area contributed by atoms with Crippen LogP contribution in [0.25, 0.3) is 0 Å². The van der Waals surface area contributed by atoms with Crippen LogP contribution in [0.3, 0.4) is 0 Å². The predicted octanol–water partition coefficient (Wildman–Crippen LogP) is 3.61. The third-order valence-electron chi connectivity index (χ3n) is 4.90. The third kappa shape index (κ3) is 4.40. The minimum atomic E-state index is -3.84. The number of hydrogen-bond acceptors (Lipinski definition) is 4. The molecule has 0 spiro atoms. The van der Waals surface area contributed by atoms with Gasteiger partial charge in [0.05, 0.1) is 15.5 Å². The number of aryl methyl sites for hydroxylation is 1. The first kappa shape index (κ1) is 22.0. The van der Waals surface area contributed by atoms with Gasteiger partial charge in [0.2, 0.25) is 10.0 Å². The molecule has 1 N–H and O–H groups in total. The fourth-order valence-electron chi connectivity index (χ4n) is 3.32. The van der Waals surface area contributed by atoms with Crippen LogP contribution in [-0.4, -0.2) is 23.9 Å². The van der Waals surface area contributed by atoms with Crippen LogP contribution in [0.5, 0.6) is 0 Å². The van der Waals surface area contributed by atoms with Gasteiger partial charge in [0.1, 0.15) is 0 Å². The Morgan fingerprint density at radius 3 is 1.97 bits per heavy atom. The van der Waals surface area contributed by atoms with Crippen molar-refractivity contribution in [1.82, 2.24) is 4.72 Å². The Hall–Kier alpha value is -2.68. The van der Waals surface area contributed by atoms with E-state index in [1.807, 2.05) is 30.3 Å². The van der Waals surface area contributed by atoms with Crippen LogP contribution in [0.15, 0.2) is 82.6 Å². The van der Waals surface area contributed by atoms with E-state index in [1.165, 1.54) is 25.2 Å². The third-order valence-corrected chi connectivity index (χ3v) is 8.22. The number of rotatable bonds is 7. The maximum absolute atomic E-state index is 13.1. The molecule has 6 nitrogen and oxygen atoms in total. The second-order valence-corrected chi connectivity index (χ2v) is 10.7. The quantitative estimate of drug-likeness (QED) is 0.603. The SMILES string of the molecule is Cc1ccc(S(=O)(=O)NCc2ccccc2)c(C)c1N(C)S(=O)(=O)c1ccccc1. The molecule has 0 unspecified atom stereocenters. The zero-order valence-electron chi connectivity index (χ0n) is 17.0. The van der Waals surface area contributed by atoms with E-state index in [-0.39, 0.29) is 16.3 Å². The summed E-state index contributed by atoms with van der Waals surface area (Å²) in [6.07, 6.45) is 0. The number of nitrogens with zero attached hydrogens (tertiary/aromatic N) is 1. The van der Waals surface area contributed by atoms with Crippen molar-refractivity contribution in [2.45, 2.75) is 30.2 Å². The van der Waals surface area contributed by atoms with Crippen LogP contribution in [0.2, 0.25) is 0 Å². The molecule has 0 amide bonds. The Kier molecular flexibility index (Phi) is 6.30. The summed E-state index contributed by atoms with van der Waals surface area (Å²) in [7, 11) is -6.24. The number of hydrogen-bond donors (Lipinski definition) is 1. The second-order valence-electron chi connectivity index (χ2n) is 6.95. The molecule has 0 saturated carbocycles. The van der Waals surface area contributed by atoms with Gasteiger partial charge in [-0.1, -0.05) is 54.6 Å². The van der Waals surface area contributed by atoms with Crippen LogP contribution in [-0.2, 0) is 26.6 Å². The van der Waals surface area contributed by atoms with Gasteiger partial charge < -0.3 is 0 Å². The molecule has 30 heavy (non-hydrogen) atoms. The zero-order chi connectivity index (χ0) is 21.9. The average molecular weight is 445 g/mol. The van der Waals surface area contributed by atoms with Gasteiger partial charge in [0.25, 0.3) is 10.0 Å². The summed E-state index contributed by atoms with van der Waals surface area (Å²) in [4.78, 5) is 0.191. The fraction of sp³-hybridized carbons (Fsp3) is 0.182. The highest BCUT2D eigenvalue weighted by Gasteiger charge is 2.27. The highest BCUT2D eigenvalue weighted by atomic mass is 32.2. The molecular formula is C22H24N2O4S2. The molecule has 8 heteroatoms. The Balaban J connectivity index is 1.99. The number of sulfonamides is 2. The summed E-state index contributed by atoms with van der Waals surface area (Å²) in [5.41, 5.74) is 2.21. The van der Waals surface area contributed by atoms with Crippen molar-refractivity contribution in [1.29, 1.82) is 0 Å². The van der Waals surface area contributed by atoms with Crippen molar-refractivity contribution in [3.63, 3.8) is 0 Å². The summed E-state index contributed by atoms with van der Waals surface area (Å²) in [5, 5.41) is 0. The van der Waals surface area contributed by atoms with E-state index in [0.717, 1.165) is 9.87 Å². The van der Waals surface area contributed by atoms with Crippen LogP contribution in [0.4, 0.5) is 5.69 Å². The molecule has 3 aromatic rings. The Morgan fingerprint density at radius 2 is 1.37 bits per heavy atom. The monoisotopic (exact) mass is 444 g/mol. The molecule has 3 rings (SSSR count). The number of nitrogens with one attached hydrogen (secondary N) is 1. The van der Waals surface area contributed by atoms with Crippen molar-refractivity contribution in [2.24, 2.45) is 0 Å². The van der Waals surface area contributed by atoms with E-state index in [9.17, 15) is 16.8 Å². The molecule has 3 aromatic carbocycles. The highest BCUT2D eigenvalue weighted by Crippen LogP contribution is 2.32. The van der Waals surface area contributed by atoms with Gasteiger partial charge in [0, 0.05) is 13.6 Å². The van der Waals surface area contributed by atoms with Gasteiger partial charge in [-0.3, -0.25) is 4.31 Å². The Bertz CT molecular complexity index is 1240. The first-order valence-electron chi connectivity index (χ1n) is 9.32. The number of anilines is 1. The molecular weight excluding hydrogens is 420 g/mol. The lowest BCUT2D eigenvalue weighted by Gasteiger charge is -2.25. The molecule has 0 aliphatic heterocycles. The maximum Gasteiger partial charge on any atom is 0.264 e. The van der Waals surface area contributed by atoms with Crippen LogP contribution in [0, 0.1) is 13.8 Å². The van der Waals surface area contributed by atoms with Crippen molar-refractivity contribution >= 4 is 25.7 Å². The molecule has 0 aromatic heterocycles. The fourth-order valence-corrected chi connectivity index (χ4v) is 5.91. The van der Waals surface area contributed by atoms with Crippen LogP contribution in [0.1, 0.15) is 16.7 Å². The van der Waals surface area contributed by atoms with Crippen LogP contribution < -0.4 is 9.03 Å². The first-order valence-corrected chi connectivity index (χ1v) is 12.2. The lowest BCUT2D eigenvalue weighted by Crippen LogP contribution is -2.29. The topological polar surface area (TPSA) is 83.6 Å². The Labute approximate surface area is 178 Å².